The summed E-state index contributed by atoms with van der Waals surface area (Å²) >= 11 is 1.10. The van der Waals surface area contributed by atoms with Crippen molar-refractivity contribution >= 4 is 32.2 Å². The highest BCUT2D eigenvalue weighted by atomic mass is 32.2. The van der Waals surface area contributed by atoms with E-state index in [0.29, 0.717) is 0 Å². The smallest absolute Gasteiger partial charge is 0.248 e. The number of thiazole rings is 1. The van der Waals surface area contributed by atoms with E-state index in [1.54, 1.807) is 5.38 Å². The van der Waals surface area contributed by atoms with Gasteiger partial charge < -0.3 is 5.32 Å². The van der Waals surface area contributed by atoms with Crippen LogP contribution < -0.4 is 5.32 Å². The lowest BCUT2D eigenvalue weighted by molar-refractivity contribution is -0.121. The van der Waals surface area contributed by atoms with Gasteiger partial charge in [0.15, 0.2) is 15.0 Å². The number of halogens is 2. The fourth-order valence-corrected chi connectivity index (χ4v) is 5.41. The number of anilines is 1. The molecule has 4 rings (SSSR count). The van der Waals surface area contributed by atoms with Gasteiger partial charge in [-0.15, -0.1) is 11.3 Å². The van der Waals surface area contributed by atoms with E-state index in [2.05, 4.69) is 10.3 Å². The molecule has 6 nitrogen and oxygen atoms in total. The third-order valence-corrected chi connectivity index (χ3v) is 7.41. The molecule has 1 aliphatic rings. The number of sulfone groups is 1. The number of benzene rings is 2. The molecular formula is C21H19F2N3O3S2. The number of carbonyl (C=O) groups excluding carboxylic acids is 1. The highest BCUT2D eigenvalue weighted by molar-refractivity contribution is 7.91. The Bertz CT molecular complexity index is 1190. The summed E-state index contributed by atoms with van der Waals surface area (Å²) in [5.41, 5.74) is 0.961. The van der Waals surface area contributed by atoms with Crippen molar-refractivity contribution in [3.63, 3.8) is 0 Å². The zero-order valence-corrected chi connectivity index (χ0v) is 17.9. The van der Waals surface area contributed by atoms with Crippen LogP contribution in [-0.2, 0) is 14.6 Å². The lowest BCUT2D eigenvalue weighted by Crippen LogP contribution is -2.46. The van der Waals surface area contributed by atoms with Crippen molar-refractivity contribution < 1.29 is 22.0 Å². The van der Waals surface area contributed by atoms with Crippen LogP contribution in [0.2, 0.25) is 0 Å². The molecule has 1 saturated heterocycles. The Morgan fingerprint density at radius 1 is 1.10 bits per heavy atom. The molecule has 1 amide bonds. The minimum atomic E-state index is -3.10. The van der Waals surface area contributed by atoms with Gasteiger partial charge in [-0.25, -0.2) is 22.2 Å². The number of hydrogen-bond donors (Lipinski definition) is 1. The molecule has 0 bridgehead atoms. The van der Waals surface area contributed by atoms with Gasteiger partial charge in [0.1, 0.15) is 17.7 Å². The van der Waals surface area contributed by atoms with Crippen molar-refractivity contribution in [2.24, 2.45) is 0 Å². The number of amides is 1. The maximum Gasteiger partial charge on any atom is 0.248 e. The fraction of sp³-hybridized carbons (Fsp3) is 0.238. The Labute approximate surface area is 182 Å². The average molecular weight is 464 g/mol. The van der Waals surface area contributed by atoms with Crippen LogP contribution in [0.15, 0.2) is 53.9 Å². The van der Waals surface area contributed by atoms with E-state index in [9.17, 15) is 22.0 Å². The van der Waals surface area contributed by atoms with Gasteiger partial charge in [-0.05, 0) is 23.8 Å². The quantitative estimate of drug-likeness (QED) is 0.627. The monoisotopic (exact) mass is 463 g/mol. The van der Waals surface area contributed by atoms with Gasteiger partial charge in [-0.2, -0.15) is 0 Å². The minimum Gasteiger partial charge on any atom is -0.300 e. The fourth-order valence-electron chi connectivity index (χ4n) is 3.47. The summed E-state index contributed by atoms with van der Waals surface area (Å²) in [6, 6.07) is 11.5. The second-order valence-corrected chi connectivity index (χ2v) is 10.3. The molecule has 162 valence electrons. The zero-order valence-electron chi connectivity index (χ0n) is 16.3. The summed E-state index contributed by atoms with van der Waals surface area (Å²) in [6.45, 7) is 0.486. The Morgan fingerprint density at radius 3 is 2.52 bits per heavy atom. The standard InChI is InChI=1S/C21H19F2N3O3S2/c22-15-6-7-17(23)16(12-15)18-13-30-21(24-18)25-20(27)19(14-4-2-1-3-5-14)26-8-10-31(28,29)11-9-26/h1-7,12-13,19H,8-11H2,(H,24,25,27). The third kappa shape index (κ3) is 4.97. The van der Waals surface area contributed by atoms with Crippen LogP contribution >= 0.6 is 11.3 Å². The van der Waals surface area contributed by atoms with E-state index in [4.69, 9.17) is 0 Å². The van der Waals surface area contributed by atoms with Crippen LogP contribution in [0.5, 0.6) is 0 Å². The highest BCUT2D eigenvalue weighted by Gasteiger charge is 2.33. The number of nitrogens with zero attached hydrogens (tertiary/aromatic N) is 2. The predicted octanol–water partition coefficient (Wildman–Crippen LogP) is 3.50. The average Bonchev–Trinajstić information content (AvgIpc) is 3.20. The molecule has 3 aromatic rings. The van der Waals surface area contributed by atoms with E-state index in [1.807, 2.05) is 35.2 Å². The Balaban J connectivity index is 1.57. The van der Waals surface area contributed by atoms with Crippen molar-refractivity contribution in [3.8, 4) is 11.3 Å². The van der Waals surface area contributed by atoms with Crippen molar-refractivity contribution in [2.75, 3.05) is 29.9 Å². The predicted molar refractivity (Wildman–Crippen MR) is 116 cm³/mol. The summed E-state index contributed by atoms with van der Waals surface area (Å²) in [6.07, 6.45) is 0. The molecule has 0 spiro atoms. The van der Waals surface area contributed by atoms with Crippen LogP contribution in [0.3, 0.4) is 0 Å². The molecule has 0 radical (unpaired) electrons. The Hall–Kier alpha value is -2.69. The Kier molecular flexibility index (Phi) is 6.12. The molecule has 1 atom stereocenters. The molecule has 1 aliphatic heterocycles. The molecule has 1 fully saturated rings. The van der Waals surface area contributed by atoms with Gasteiger partial charge in [0.2, 0.25) is 5.91 Å². The number of nitrogens with one attached hydrogen (secondary N) is 1. The molecular weight excluding hydrogens is 444 g/mol. The van der Waals surface area contributed by atoms with Crippen LogP contribution in [0, 0.1) is 11.6 Å². The second kappa shape index (κ2) is 8.81. The topological polar surface area (TPSA) is 79.4 Å². The molecule has 1 unspecified atom stereocenters. The summed E-state index contributed by atoms with van der Waals surface area (Å²) in [5, 5.41) is 4.53. The van der Waals surface area contributed by atoms with E-state index >= 15 is 0 Å². The van der Waals surface area contributed by atoms with E-state index in [0.717, 1.165) is 35.1 Å². The van der Waals surface area contributed by atoms with Crippen molar-refractivity contribution in [1.29, 1.82) is 0 Å². The maximum atomic E-state index is 14.0. The first-order valence-corrected chi connectivity index (χ1v) is 12.2. The molecule has 1 aromatic heterocycles. The van der Waals surface area contributed by atoms with Crippen molar-refractivity contribution in [3.05, 3.63) is 71.1 Å². The third-order valence-electron chi connectivity index (χ3n) is 5.05. The first-order chi connectivity index (χ1) is 14.8. The van der Waals surface area contributed by atoms with E-state index in [-0.39, 0.29) is 46.9 Å². The van der Waals surface area contributed by atoms with Gasteiger partial charge in [-0.3, -0.25) is 9.69 Å². The molecule has 0 saturated carbocycles. The first kappa shape index (κ1) is 21.5. The summed E-state index contributed by atoms with van der Waals surface area (Å²) in [4.78, 5) is 19.2. The zero-order chi connectivity index (χ0) is 22.0. The number of rotatable bonds is 5. The first-order valence-electron chi connectivity index (χ1n) is 9.54. The minimum absolute atomic E-state index is 0.0101. The number of carbonyl (C=O) groups is 1. The van der Waals surface area contributed by atoms with E-state index < -0.39 is 27.5 Å². The van der Waals surface area contributed by atoms with Gasteiger partial charge in [-0.1, -0.05) is 30.3 Å². The molecule has 31 heavy (non-hydrogen) atoms. The second-order valence-electron chi connectivity index (χ2n) is 7.15. The maximum absolute atomic E-state index is 14.0. The molecule has 10 heteroatoms. The van der Waals surface area contributed by atoms with Crippen LogP contribution in [0.4, 0.5) is 13.9 Å². The van der Waals surface area contributed by atoms with Crippen LogP contribution in [0.25, 0.3) is 11.3 Å². The molecule has 1 N–H and O–H groups in total. The van der Waals surface area contributed by atoms with Gasteiger partial charge in [0.05, 0.1) is 17.2 Å². The normalized spacial score (nSPS) is 17.2. The van der Waals surface area contributed by atoms with Crippen molar-refractivity contribution in [2.45, 2.75) is 6.04 Å². The lowest BCUT2D eigenvalue weighted by atomic mass is 10.0. The molecule has 2 aromatic carbocycles. The lowest BCUT2D eigenvalue weighted by Gasteiger charge is -2.33. The molecule has 2 heterocycles. The van der Waals surface area contributed by atoms with Gasteiger partial charge in [0, 0.05) is 24.0 Å². The SMILES string of the molecule is O=C(Nc1nc(-c2cc(F)ccc2F)cs1)C(c1ccccc1)N1CCS(=O)(=O)CC1. The summed E-state index contributed by atoms with van der Waals surface area (Å²) < 4.78 is 51.2. The van der Waals surface area contributed by atoms with E-state index in [1.165, 1.54) is 0 Å². The largest absolute Gasteiger partial charge is 0.300 e. The van der Waals surface area contributed by atoms with Crippen LogP contribution in [-0.4, -0.2) is 48.8 Å². The van der Waals surface area contributed by atoms with Gasteiger partial charge in [0.25, 0.3) is 0 Å². The van der Waals surface area contributed by atoms with Crippen LogP contribution in [0.1, 0.15) is 11.6 Å². The van der Waals surface area contributed by atoms with Crippen molar-refractivity contribution in [1.82, 2.24) is 9.88 Å². The highest BCUT2D eigenvalue weighted by Crippen LogP contribution is 2.30. The summed E-state index contributed by atoms with van der Waals surface area (Å²) in [7, 11) is -3.10. The van der Waals surface area contributed by atoms with Gasteiger partial charge >= 0.3 is 0 Å². The number of hydrogen-bond acceptors (Lipinski definition) is 6. The Morgan fingerprint density at radius 2 is 1.81 bits per heavy atom. The molecule has 0 aliphatic carbocycles. The summed E-state index contributed by atoms with van der Waals surface area (Å²) in [5.74, 6) is -1.58. The number of aromatic nitrogens is 1.